The molecule has 0 amide bonds. The van der Waals surface area contributed by atoms with Gasteiger partial charge in [-0.1, -0.05) is 11.6 Å². The van der Waals surface area contributed by atoms with Crippen LogP contribution < -0.4 is 10.9 Å². The second-order valence-electron chi connectivity index (χ2n) is 4.61. The number of nitrogens with one attached hydrogen (secondary N) is 2. The molecule has 1 heterocycles. The summed E-state index contributed by atoms with van der Waals surface area (Å²) in [6.45, 7) is 2.92. The predicted molar refractivity (Wildman–Crippen MR) is 82.6 cm³/mol. The largest absolute Gasteiger partial charge is 0.309 e. The van der Waals surface area contributed by atoms with E-state index in [9.17, 15) is 9.00 Å². The quantitative estimate of drug-likeness (QED) is 0.876. The van der Waals surface area contributed by atoms with Crippen molar-refractivity contribution in [2.45, 2.75) is 18.7 Å². The van der Waals surface area contributed by atoms with E-state index in [1.165, 1.54) is 0 Å². The molecule has 20 heavy (non-hydrogen) atoms. The smallest absolute Gasteiger partial charge is 0.258 e. The Bertz CT molecular complexity index is 702. The highest BCUT2D eigenvalue weighted by Crippen LogP contribution is 2.14. The van der Waals surface area contributed by atoms with Crippen molar-refractivity contribution in [1.29, 1.82) is 0 Å². The van der Waals surface area contributed by atoms with Gasteiger partial charge in [-0.3, -0.25) is 9.00 Å². The van der Waals surface area contributed by atoms with Crippen LogP contribution in [0.4, 0.5) is 0 Å². The van der Waals surface area contributed by atoms with Gasteiger partial charge in [0.2, 0.25) is 0 Å². The standard InChI is InChI=1S/C13H16ClN3O2S/c1-8(20(2)19)6-15-7-12-16-11-5-9(14)3-4-10(11)13(18)17-12/h3-5,8,15H,6-7H2,1-2H3,(H,16,17,18). The maximum atomic E-state index is 11.9. The molecule has 0 aliphatic heterocycles. The Morgan fingerprint density at radius 2 is 2.25 bits per heavy atom. The zero-order chi connectivity index (χ0) is 14.7. The van der Waals surface area contributed by atoms with Gasteiger partial charge >= 0.3 is 0 Å². The first-order chi connectivity index (χ1) is 9.47. The molecule has 2 N–H and O–H groups in total. The number of benzene rings is 1. The van der Waals surface area contributed by atoms with Crippen LogP contribution >= 0.6 is 11.6 Å². The van der Waals surface area contributed by atoms with Crippen LogP contribution in [0.5, 0.6) is 0 Å². The summed E-state index contributed by atoms with van der Waals surface area (Å²) in [6, 6.07) is 4.99. The third-order valence-electron chi connectivity index (χ3n) is 3.01. The number of hydrogen-bond acceptors (Lipinski definition) is 4. The molecule has 0 saturated carbocycles. The molecular formula is C13H16ClN3O2S. The Morgan fingerprint density at radius 1 is 1.50 bits per heavy atom. The highest BCUT2D eigenvalue weighted by molar-refractivity contribution is 7.84. The van der Waals surface area contributed by atoms with Gasteiger partial charge in [0.15, 0.2) is 0 Å². The molecule has 1 aromatic heterocycles. The molecule has 0 aliphatic carbocycles. The highest BCUT2D eigenvalue weighted by atomic mass is 35.5. The Hall–Kier alpha value is -1.24. The molecule has 2 rings (SSSR count). The van der Waals surface area contributed by atoms with E-state index in [1.807, 2.05) is 6.92 Å². The van der Waals surface area contributed by atoms with E-state index in [2.05, 4.69) is 15.3 Å². The summed E-state index contributed by atoms with van der Waals surface area (Å²) in [5.41, 5.74) is 0.390. The predicted octanol–water partition coefficient (Wildman–Crippen LogP) is 1.43. The molecule has 0 spiro atoms. The number of aromatic nitrogens is 2. The molecule has 0 saturated heterocycles. The van der Waals surface area contributed by atoms with Gasteiger partial charge in [0.1, 0.15) is 5.82 Å². The number of H-pyrrole nitrogens is 1. The van der Waals surface area contributed by atoms with Crippen molar-refractivity contribution in [1.82, 2.24) is 15.3 Å². The second kappa shape index (κ2) is 6.47. The van der Waals surface area contributed by atoms with Crippen LogP contribution in [0.15, 0.2) is 23.0 Å². The van der Waals surface area contributed by atoms with Crippen LogP contribution in [-0.4, -0.2) is 32.2 Å². The lowest BCUT2D eigenvalue weighted by Crippen LogP contribution is -2.28. The van der Waals surface area contributed by atoms with Crippen molar-refractivity contribution >= 4 is 33.3 Å². The molecule has 0 aliphatic rings. The number of nitrogens with zero attached hydrogens (tertiary/aromatic N) is 1. The first kappa shape index (κ1) is 15.2. The lowest BCUT2D eigenvalue weighted by Gasteiger charge is -2.09. The molecular weight excluding hydrogens is 298 g/mol. The number of fused-ring (bicyclic) bond motifs is 1. The summed E-state index contributed by atoms with van der Waals surface area (Å²) in [7, 11) is -0.870. The summed E-state index contributed by atoms with van der Waals surface area (Å²) in [5, 5.41) is 4.24. The van der Waals surface area contributed by atoms with Crippen LogP contribution in [0, 0.1) is 0 Å². The fourth-order valence-electron chi connectivity index (χ4n) is 1.76. The van der Waals surface area contributed by atoms with E-state index in [0.29, 0.717) is 34.8 Å². The Morgan fingerprint density at radius 3 is 2.95 bits per heavy atom. The summed E-state index contributed by atoms with van der Waals surface area (Å²) < 4.78 is 11.2. The van der Waals surface area contributed by atoms with E-state index in [-0.39, 0.29) is 10.8 Å². The van der Waals surface area contributed by atoms with E-state index >= 15 is 0 Å². The minimum absolute atomic E-state index is 0.0524. The van der Waals surface area contributed by atoms with Gasteiger partial charge in [0, 0.05) is 33.9 Å². The van der Waals surface area contributed by atoms with E-state index in [0.717, 1.165) is 0 Å². The second-order valence-corrected chi connectivity index (χ2v) is 6.85. The third kappa shape index (κ3) is 3.65. The lowest BCUT2D eigenvalue weighted by molar-refractivity contribution is 0.634. The molecule has 0 bridgehead atoms. The molecule has 2 atom stereocenters. The van der Waals surface area contributed by atoms with Crippen molar-refractivity contribution in [3.8, 4) is 0 Å². The van der Waals surface area contributed by atoms with Crippen LogP contribution in [0.3, 0.4) is 0 Å². The third-order valence-corrected chi connectivity index (χ3v) is 4.54. The first-order valence-electron chi connectivity index (χ1n) is 6.19. The summed E-state index contributed by atoms with van der Waals surface area (Å²) in [6.07, 6.45) is 1.67. The highest BCUT2D eigenvalue weighted by Gasteiger charge is 2.07. The molecule has 7 heteroatoms. The molecule has 0 radical (unpaired) electrons. The van der Waals surface area contributed by atoms with Gasteiger partial charge in [-0.25, -0.2) is 4.98 Å². The van der Waals surface area contributed by atoms with E-state index in [4.69, 9.17) is 11.6 Å². The molecule has 1 aromatic carbocycles. The molecule has 2 aromatic rings. The van der Waals surface area contributed by atoms with Gasteiger partial charge in [0.05, 0.1) is 17.4 Å². The van der Waals surface area contributed by atoms with Crippen LogP contribution in [0.2, 0.25) is 5.02 Å². The average Bonchev–Trinajstić information content (AvgIpc) is 2.37. The maximum absolute atomic E-state index is 11.9. The minimum Gasteiger partial charge on any atom is -0.309 e. The SMILES string of the molecule is CC(CNCc1nc2cc(Cl)ccc2c(=O)[nH]1)S(C)=O. The van der Waals surface area contributed by atoms with Crippen LogP contribution in [0.1, 0.15) is 12.7 Å². The molecule has 5 nitrogen and oxygen atoms in total. The first-order valence-corrected chi connectivity index (χ1v) is 8.18. The van der Waals surface area contributed by atoms with E-state index in [1.54, 1.807) is 24.5 Å². The number of hydrogen-bond donors (Lipinski definition) is 2. The monoisotopic (exact) mass is 313 g/mol. The van der Waals surface area contributed by atoms with Crippen molar-refractivity contribution in [3.05, 3.63) is 39.4 Å². The molecule has 108 valence electrons. The normalized spacial score (nSPS) is 14.3. The zero-order valence-electron chi connectivity index (χ0n) is 11.3. The summed E-state index contributed by atoms with van der Waals surface area (Å²) >= 11 is 5.90. The van der Waals surface area contributed by atoms with Gasteiger partial charge in [-0.05, 0) is 25.1 Å². The maximum Gasteiger partial charge on any atom is 0.258 e. The van der Waals surface area contributed by atoms with Gasteiger partial charge in [0.25, 0.3) is 5.56 Å². The van der Waals surface area contributed by atoms with Crippen LogP contribution in [0.25, 0.3) is 10.9 Å². The Kier molecular flexibility index (Phi) is 4.91. The molecule has 2 unspecified atom stereocenters. The van der Waals surface area contributed by atoms with Crippen molar-refractivity contribution in [3.63, 3.8) is 0 Å². The van der Waals surface area contributed by atoms with Gasteiger partial charge < -0.3 is 10.3 Å². The number of halogens is 1. The van der Waals surface area contributed by atoms with Gasteiger partial charge in [-0.15, -0.1) is 0 Å². The summed E-state index contributed by atoms with van der Waals surface area (Å²) in [4.78, 5) is 19.0. The van der Waals surface area contributed by atoms with Crippen molar-refractivity contribution in [2.75, 3.05) is 12.8 Å². The van der Waals surface area contributed by atoms with Crippen molar-refractivity contribution in [2.24, 2.45) is 0 Å². The van der Waals surface area contributed by atoms with E-state index < -0.39 is 10.8 Å². The topological polar surface area (TPSA) is 74.8 Å². The lowest BCUT2D eigenvalue weighted by atomic mass is 10.2. The number of rotatable bonds is 5. The summed E-state index contributed by atoms with van der Waals surface area (Å²) in [5.74, 6) is 0.541. The Balaban J connectivity index is 2.15. The fourth-order valence-corrected chi connectivity index (χ4v) is 2.27. The van der Waals surface area contributed by atoms with Crippen LogP contribution in [-0.2, 0) is 17.3 Å². The molecule has 0 fully saturated rings. The number of aromatic amines is 1. The average molecular weight is 314 g/mol. The van der Waals surface area contributed by atoms with Gasteiger partial charge in [-0.2, -0.15) is 0 Å². The fraction of sp³-hybridized carbons (Fsp3) is 0.385. The Labute approximate surface area is 124 Å². The minimum atomic E-state index is -0.870. The zero-order valence-corrected chi connectivity index (χ0v) is 12.8. The van der Waals surface area contributed by atoms with Crippen molar-refractivity contribution < 1.29 is 4.21 Å².